The molecule has 0 amide bonds. The molecule has 1 aromatic heterocycles. The lowest BCUT2D eigenvalue weighted by Crippen LogP contribution is -2.40. The van der Waals surface area contributed by atoms with Crippen molar-refractivity contribution in [3.05, 3.63) is 52.2 Å². The minimum absolute atomic E-state index is 0. The maximum absolute atomic E-state index is 5.68. The van der Waals surface area contributed by atoms with Crippen LogP contribution in [0.5, 0.6) is 5.75 Å². The zero-order chi connectivity index (χ0) is 18.1. The summed E-state index contributed by atoms with van der Waals surface area (Å²) in [4.78, 5) is 7.97. The van der Waals surface area contributed by atoms with Crippen molar-refractivity contribution in [1.82, 2.24) is 10.2 Å². The first-order valence-corrected chi connectivity index (χ1v) is 9.66. The lowest BCUT2D eigenvalue weighted by molar-refractivity contribution is 0.242. The fourth-order valence-electron chi connectivity index (χ4n) is 2.55. The van der Waals surface area contributed by atoms with E-state index in [1.807, 2.05) is 33.0 Å². The number of guanidine groups is 1. The molecule has 4 nitrogen and oxygen atoms in total. The van der Waals surface area contributed by atoms with E-state index in [1.165, 1.54) is 10.4 Å². The highest BCUT2D eigenvalue weighted by atomic mass is 127. The largest absolute Gasteiger partial charge is 0.491 e. The molecule has 1 heterocycles. The van der Waals surface area contributed by atoms with Gasteiger partial charge >= 0.3 is 0 Å². The Morgan fingerprint density at radius 2 is 1.92 bits per heavy atom. The number of nitrogens with zero attached hydrogens (tertiary/aromatic N) is 2. The number of hydrogen-bond acceptors (Lipinski definition) is 3. The van der Waals surface area contributed by atoms with Gasteiger partial charge in [-0.2, -0.15) is 0 Å². The van der Waals surface area contributed by atoms with Crippen molar-refractivity contribution >= 4 is 41.3 Å². The molecule has 0 bridgehead atoms. The van der Waals surface area contributed by atoms with Crippen molar-refractivity contribution in [1.29, 1.82) is 0 Å². The Morgan fingerprint density at radius 3 is 2.50 bits per heavy atom. The maximum Gasteiger partial charge on any atom is 0.193 e. The average molecular weight is 487 g/mol. The van der Waals surface area contributed by atoms with Gasteiger partial charge in [-0.05, 0) is 55.8 Å². The Morgan fingerprint density at radius 1 is 1.19 bits per heavy atom. The first-order valence-electron chi connectivity index (χ1n) is 8.78. The van der Waals surface area contributed by atoms with E-state index >= 15 is 0 Å². The van der Waals surface area contributed by atoms with Crippen LogP contribution in [0.3, 0.4) is 0 Å². The SMILES string of the molecule is CN=C(NCCc1ccc(OC(C)C)cc1)N(C)CCc1cccs1.I. The van der Waals surface area contributed by atoms with Gasteiger partial charge in [0, 0.05) is 32.1 Å². The van der Waals surface area contributed by atoms with Gasteiger partial charge in [0.1, 0.15) is 5.75 Å². The average Bonchev–Trinajstić information content (AvgIpc) is 3.11. The molecule has 2 aromatic rings. The molecule has 0 aliphatic heterocycles. The van der Waals surface area contributed by atoms with Crippen LogP contribution in [0.4, 0.5) is 0 Å². The van der Waals surface area contributed by atoms with Crippen molar-refractivity contribution in [2.45, 2.75) is 32.8 Å². The summed E-state index contributed by atoms with van der Waals surface area (Å²) in [5.41, 5.74) is 1.29. The van der Waals surface area contributed by atoms with E-state index in [2.05, 4.69) is 51.9 Å². The second-order valence-corrected chi connectivity index (χ2v) is 7.32. The number of likely N-dealkylation sites (N-methyl/N-ethyl adjacent to an activating group) is 1. The summed E-state index contributed by atoms with van der Waals surface area (Å²) in [7, 11) is 3.92. The Balaban J connectivity index is 0.00000338. The quantitative estimate of drug-likeness (QED) is 0.340. The van der Waals surface area contributed by atoms with Gasteiger partial charge in [0.15, 0.2) is 5.96 Å². The van der Waals surface area contributed by atoms with Crippen molar-refractivity contribution in [2.75, 3.05) is 27.2 Å². The highest BCUT2D eigenvalue weighted by molar-refractivity contribution is 14.0. The third-order valence-corrected chi connectivity index (χ3v) is 4.78. The topological polar surface area (TPSA) is 36.9 Å². The highest BCUT2D eigenvalue weighted by Crippen LogP contribution is 2.14. The monoisotopic (exact) mass is 487 g/mol. The summed E-state index contributed by atoms with van der Waals surface area (Å²) in [6.45, 7) is 5.90. The number of aliphatic imine (C=N–C) groups is 1. The smallest absolute Gasteiger partial charge is 0.193 e. The number of halogens is 1. The van der Waals surface area contributed by atoms with Gasteiger partial charge < -0.3 is 15.0 Å². The molecule has 6 heteroatoms. The normalized spacial score (nSPS) is 11.2. The molecule has 0 radical (unpaired) electrons. The van der Waals surface area contributed by atoms with E-state index in [1.54, 1.807) is 11.3 Å². The third-order valence-electron chi connectivity index (χ3n) is 3.84. The fraction of sp³-hybridized carbons (Fsp3) is 0.450. The van der Waals surface area contributed by atoms with Crippen LogP contribution in [0.1, 0.15) is 24.3 Å². The van der Waals surface area contributed by atoms with Crippen LogP contribution in [0, 0.1) is 0 Å². The van der Waals surface area contributed by atoms with E-state index in [-0.39, 0.29) is 30.1 Å². The first-order chi connectivity index (χ1) is 12.1. The molecule has 26 heavy (non-hydrogen) atoms. The summed E-state index contributed by atoms with van der Waals surface area (Å²) in [6, 6.07) is 12.6. The number of rotatable bonds is 8. The van der Waals surface area contributed by atoms with Gasteiger partial charge in [-0.15, -0.1) is 35.3 Å². The number of nitrogens with one attached hydrogen (secondary N) is 1. The molecular weight excluding hydrogens is 457 g/mol. The van der Waals surface area contributed by atoms with Crippen molar-refractivity contribution in [3.8, 4) is 5.75 Å². The van der Waals surface area contributed by atoms with Crippen LogP contribution in [0.2, 0.25) is 0 Å². The van der Waals surface area contributed by atoms with E-state index in [0.717, 1.165) is 37.6 Å². The van der Waals surface area contributed by atoms with E-state index in [0.29, 0.717) is 0 Å². The van der Waals surface area contributed by atoms with Gasteiger partial charge in [-0.1, -0.05) is 18.2 Å². The summed E-state index contributed by atoms with van der Waals surface area (Å²) in [6.07, 6.45) is 2.21. The molecule has 0 aliphatic carbocycles. The van der Waals surface area contributed by atoms with Crippen molar-refractivity contribution in [3.63, 3.8) is 0 Å². The molecule has 0 unspecified atom stereocenters. The molecule has 0 saturated heterocycles. The van der Waals surface area contributed by atoms with Gasteiger partial charge in [-0.3, -0.25) is 4.99 Å². The number of hydrogen-bond donors (Lipinski definition) is 1. The molecule has 0 saturated carbocycles. The number of ether oxygens (including phenoxy) is 1. The molecule has 0 spiro atoms. The van der Waals surface area contributed by atoms with E-state index in [9.17, 15) is 0 Å². The Kier molecular flexibility index (Phi) is 10.7. The molecule has 1 aromatic carbocycles. The maximum atomic E-state index is 5.68. The predicted octanol–water partition coefficient (Wildman–Crippen LogP) is 4.45. The summed E-state index contributed by atoms with van der Waals surface area (Å²) >= 11 is 1.81. The van der Waals surface area contributed by atoms with Gasteiger partial charge in [0.05, 0.1) is 6.10 Å². The molecule has 0 fully saturated rings. The molecule has 2 rings (SSSR count). The van der Waals surface area contributed by atoms with Gasteiger partial charge in [-0.25, -0.2) is 0 Å². The van der Waals surface area contributed by atoms with Crippen molar-refractivity contribution in [2.24, 2.45) is 4.99 Å². The van der Waals surface area contributed by atoms with Gasteiger partial charge in [0.2, 0.25) is 0 Å². The summed E-state index contributed by atoms with van der Waals surface area (Å²) in [5.74, 6) is 1.87. The summed E-state index contributed by atoms with van der Waals surface area (Å²) in [5, 5.41) is 5.57. The minimum atomic E-state index is 0. The molecular formula is C20H30IN3OS. The summed E-state index contributed by atoms with van der Waals surface area (Å²) < 4.78 is 5.68. The second-order valence-electron chi connectivity index (χ2n) is 6.29. The number of thiophene rings is 1. The van der Waals surface area contributed by atoms with Crippen LogP contribution < -0.4 is 10.1 Å². The Hall–Kier alpha value is -1.28. The molecule has 1 N–H and O–H groups in total. The predicted molar refractivity (Wildman–Crippen MR) is 123 cm³/mol. The standard InChI is InChI=1S/C20H29N3OS.HI/c1-16(2)24-18-9-7-17(8-10-18)11-13-22-20(21-3)23(4)14-12-19-6-5-15-25-19;/h5-10,15-16H,11-14H2,1-4H3,(H,21,22);1H. The molecule has 0 aliphatic rings. The first kappa shape index (κ1) is 22.8. The lowest BCUT2D eigenvalue weighted by atomic mass is 10.1. The van der Waals surface area contributed by atoms with Crippen LogP contribution in [0.25, 0.3) is 0 Å². The molecule has 144 valence electrons. The van der Waals surface area contributed by atoms with Crippen LogP contribution in [-0.2, 0) is 12.8 Å². The zero-order valence-corrected chi connectivity index (χ0v) is 19.2. The Labute approximate surface area is 178 Å². The fourth-order valence-corrected chi connectivity index (χ4v) is 3.25. The van der Waals surface area contributed by atoms with E-state index in [4.69, 9.17) is 4.74 Å². The van der Waals surface area contributed by atoms with Crippen LogP contribution in [-0.4, -0.2) is 44.1 Å². The molecule has 0 atom stereocenters. The third kappa shape index (κ3) is 7.95. The van der Waals surface area contributed by atoms with Crippen molar-refractivity contribution < 1.29 is 4.74 Å². The lowest BCUT2D eigenvalue weighted by Gasteiger charge is -2.22. The number of benzene rings is 1. The van der Waals surface area contributed by atoms with Gasteiger partial charge in [0.25, 0.3) is 0 Å². The Bertz CT molecular complexity index is 642. The van der Waals surface area contributed by atoms with Crippen LogP contribution >= 0.6 is 35.3 Å². The highest BCUT2D eigenvalue weighted by Gasteiger charge is 2.06. The second kappa shape index (κ2) is 12.2. The zero-order valence-electron chi connectivity index (χ0n) is 16.1. The van der Waals surface area contributed by atoms with Crippen LogP contribution in [0.15, 0.2) is 46.8 Å². The minimum Gasteiger partial charge on any atom is -0.491 e. The van der Waals surface area contributed by atoms with E-state index < -0.39 is 0 Å².